The van der Waals surface area contributed by atoms with Crippen molar-refractivity contribution >= 4 is 46.8 Å². The number of thioether (sulfide) groups is 1. The Kier molecular flexibility index (Phi) is 8.93. The molecule has 2 heterocycles. The molecule has 0 spiro atoms. The maximum Gasteiger partial charge on any atom is 0.233 e. The zero-order chi connectivity index (χ0) is 23.1. The van der Waals surface area contributed by atoms with E-state index in [1.54, 1.807) is 4.90 Å². The van der Waals surface area contributed by atoms with Crippen molar-refractivity contribution in [2.45, 2.75) is 71.0 Å². The predicted octanol–water partition coefficient (Wildman–Crippen LogP) is 5.88. The Bertz CT molecular complexity index is 946. The molecule has 6 nitrogen and oxygen atoms in total. The normalized spacial score (nSPS) is 13.0. The van der Waals surface area contributed by atoms with Crippen LogP contribution in [0.4, 0.5) is 11.6 Å². The topological polar surface area (TPSA) is 75.2 Å². The molecule has 1 aliphatic heterocycles. The van der Waals surface area contributed by atoms with Crippen LogP contribution >= 0.6 is 23.4 Å². The molecular weight excluding hydrogens is 444 g/mol. The third kappa shape index (κ3) is 6.01. The van der Waals surface area contributed by atoms with Crippen molar-refractivity contribution in [3.8, 4) is 0 Å². The average molecular weight is 475 g/mol. The van der Waals surface area contributed by atoms with Crippen molar-refractivity contribution in [3.63, 3.8) is 0 Å². The minimum absolute atomic E-state index is 0.0235. The number of carbonyl (C=O) groups excluding carboxylic acids is 2. The van der Waals surface area contributed by atoms with Gasteiger partial charge in [0.25, 0.3) is 0 Å². The number of hydrogen-bond acceptors (Lipinski definition) is 5. The van der Waals surface area contributed by atoms with Gasteiger partial charge in [-0.1, -0.05) is 69.1 Å². The number of benzene rings is 1. The SMILES string of the molecule is CCCSc1nc(NC(=O)C(CCC)CCC)c2c(n1)N(Cc1ccc(Cl)cc1)C(=O)C2. The van der Waals surface area contributed by atoms with Gasteiger partial charge in [-0.3, -0.25) is 14.5 Å². The fourth-order valence-electron chi connectivity index (χ4n) is 3.82. The van der Waals surface area contributed by atoms with Crippen molar-refractivity contribution in [3.05, 3.63) is 40.4 Å². The van der Waals surface area contributed by atoms with Crippen LogP contribution in [0.1, 0.15) is 64.0 Å². The minimum Gasteiger partial charge on any atom is -0.310 e. The molecule has 2 amide bonds. The highest BCUT2D eigenvalue weighted by atomic mass is 35.5. The van der Waals surface area contributed by atoms with Gasteiger partial charge < -0.3 is 5.32 Å². The molecule has 0 bridgehead atoms. The molecule has 0 radical (unpaired) electrons. The monoisotopic (exact) mass is 474 g/mol. The molecule has 0 fully saturated rings. The number of halogens is 1. The number of amides is 2. The maximum absolute atomic E-state index is 13.0. The number of rotatable bonds is 11. The van der Waals surface area contributed by atoms with Crippen molar-refractivity contribution in [2.75, 3.05) is 16.0 Å². The van der Waals surface area contributed by atoms with E-state index in [0.29, 0.717) is 33.9 Å². The molecule has 3 rings (SSSR count). The molecule has 1 aliphatic rings. The fourth-order valence-corrected chi connectivity index (χ4v) is 4.64. The predicted molar refractivity (Wildman–Crippen MR) is 131 cm³/mol. The Balaban J connectivity index is 1.93. The first kappa shape index (κ1) is 24.5. The molecule has 0 unspecified atom stereocenters. The average Bonchev–Trinajstić information content (AvgIpc) is 3.09. The number of nitrogens with one attached hydrogen (secondary N) is 1. The smallest absolute Gasteiger partial charge is 0.233 e. The first-order chi connectivity index (χ1) is 15.5. The molecule has 0 saturated heterocycles. The highest BCUT2D eigenvalue weighted by Gasteiger charge is 2.33. The molecular formula is C24H31ClN4O2S. The molecule has 1 aromatic heterocycles. The van der Waals surface area contributed by atoms with E-state index in [2.05, 4.69) is 31.1 Å². The molecule has 8 heteroatoms. The lowest BCUT2D eigenvalue weighted by molar-refractivity contribution is -0.120. The summed E-state index contributed by atoms with van der Waals surface area (Å²) in [5.41, 5.74) is 1.67. The van der Waals surface area contributed by atoms with Crippen LogP contribution in [0.5, 0.6) is 0 Å². The second kappa shape index (κ2) is 11.7. The van der Waals surface area contributed by atoms with Crippen molar-refractivity contribution < 1.29 is 9.59 Å². The number of fused-ring (bicyclic) bond motifs is 1. The fraction of sp³-hybridized carbons (Fsp3) is 0.500. The number of nitrogens with zero attached hydrogens (tertiary/aromatic N) is 3. The maximum atomic E-state index is 13.0. The Morgan fingerprint density at radius 1 is 1.12 bits per heavy atom. The van der Waals surface area contributed by atoms with E-state index in [1.165, 1.54) is 11.8 Å². The summed E-state index contributed by atoms with van der Waals surface area (Å²) in [6.07, 6.45) is 4.74. The second-order valence-electron chi connectivity index (χ2n) is 8.05. The van der Waals surface area contributed by atoms with E-state index >= 15 is 0 Å². The summed E-state index contributed by atoms with van der Waals surface area (Å²) >= 11 is 7.54. The van der Waals surface area contributed by atoms with E-state index in [-0.39, 0.29) is 24.2 Å². The van der Waals surface area contributed by atoms with Crippen molar-refractivity contribution in [1.82, 2.24) is 9.97 Å². The van der Waals surface area contributed by atoms with Gasteiger partial charge in [0.2, 0.25) is 11.8 Å². The van der Waals surface area contributed by atoms with Gasteiger partial charge >= 0.3 is 0 Å². The quantitative estimate of drug-likeness (QED) is 0.325. The first-order valence-electron chi connectivity index (χ1n) is 11.4. The van der Waals surface area contributed by atoms with Crippen LogP contribution in [0.25, 0.3) is 0 Å². The molecule has 32 heavy (non-hydrogen) atoms. The lowest BCUT2D eigenvalue weighted by Crippen LogP contribution is -2.26. The van der Waals surface area contributed by atoms with E-state index in [1.807, 2.05) is 24.3 Å². The van der Waals surface area contributed by atoms with Gasteiger partial charge in [-0.25, -0.2) is 9.97 Å². The summed E-state index contributed by atoms with van der Waals surface area (Å²) in [7, 11) is 0. The van der Waals surface area contributed by atoms with E-state index in [4.69, 9.17) is 16.6 Å². The third-order valence-electron chi connectivity index (χ3n) is 5.43. The lowest BCUT2D eigenvalue weighted by atomic mass is 9.97. The van der Waals surface area contributed by atoms with Gasteiger partial charge in [0.05, 0.1) is 13.0 Å². The van der Waals surface area contributed by atoms with Crippen molar-refractivity contribution in [1.29, 1.82) is 0 Å². The lowest BCUT2D eigenvalue weighted by Gasteiger charge is -2.19. The van der Waals surface area contributed by atoms with Crippen molar-refractivity contribution in [2.24, 2.45) is 5.92 Å². The highest BCUT2D eigenvalue weighted by molar-refractivity contribution is 7.99. The molecule has 1 N–H and O–H groups in total. The molecule has 0 saturated carbocycles. The van der Waals surface area contributed by atoms with E-state index in [0.717, 1.165) is 43.4 Å². The molecule has 2 aromatic rings. The van der Waals surface area contributed by atoms with Crippen LogP contribution in [0.2, 0.25) is 5.02 Å². The zero-order valence-electron chi connectivity index (χ0n) is 19.0. The largest absolute Gasteiger partial charge is 0.310 e. The van der Waals surface area contributed by atoms with Gasteiger partial charge in [0.1, 0.15) is 11.6 Å². The molecule has 1 aromatic carbocycles. The number of carbonyl (C=O) groups is 2. The van der Waals surface area contributed by atoms with Gasteiger partial charge in [-0.2, -0.15) is 0 Å². The van der Waals surface area contributed by atoms with Crippen LogP contribution in [0.15, 0.2) is 29.4 Å². The Hall–Kier alpha value is -2.12. The van der Waals surface area contributed by atoms with Crippen LogP contribution in [-0.2, 0) is 22.6 Å². The summed E-state index contributed by atoms with van der Waals surface area (Å²) in [6.45, 7) is 6.68. The summed E-state index contributed by atoms with van der Waals surface area (Å²) in [6, 6.07) is 7.44. The summed E-state index contributed by atoms with van der Waals surface area (Å²) in [5, 5.41) is 4.28. The van der Waals surface area contributed by atoms with Gasteiger partial charge in [-0.15, -0.1) is 0 Å². The number of aromatic nitrogens is 2. The Morgan fingerprint density at radius 2 is 1.81 bits per heavy atom. The van der Waals surface area contributed by atoms with Crippen LogP contribution in [-0.4, -0.2) is 27.5 Å². The third-order valence-corrected chi connectivity index (χ3v) is 6.73. The molecule has 0 aliphatic carbocycles. The van der Waals surface area contributed by atoms with Crippen LogP contribution in [0, 0.1) is 5.92 Å². The second-order valence-corrected chi connectivity index (χ2v) is 9.55. The summed E-state index contributed by atoms with van der Waals surface area (Å²) in [5.74, 6) is 1.82. The highest BCUT2D eigenvalue weighted by Crippen LogP contribution is 2.35. The Labute approximate surface area is 199 Å². The zero-order valence-corrected chi connectivity index (χ0v) is 20.6. The summed E-state index contributed by atoms with van der Waals surface area (Å²) in [4.78, 5) is 37.0. The van der Waals surface area contributed by atoms with Crippen LogP contribution in [0.3, 0.4) is 0 Å². The molecule has 0 atom stereocenters. The standard InChI is InChI=1S/C24H31ClN4O2S/c1-4-7-17(8-5-2)23(31)26-21-19-14-20(30)29(15-16-9-11-18(25)12-10-16)22(19)28-24(27-21)32-13-6-3/h9-12,17H,4-8,13-15H2,1-3H3,(H,26,27,28,31). The van der Waals surface area contributed by atoms with Gasteiger partial charge in [0, 0.05) is 22.3 Å². The van der Waals surface area contributed by atoms with E-state index < -0.39 is 0 Å². The van der Waals surface area contributed by atoms with E-state index in [9.17, 15) is 9.59 Å². The minimum atomic E-state index is -0.0513. The Morgan fingerprint density at radius 3 is 2.44 bits per heavy atom. The summed E-state index contributed by atoms with van der Waals surface area (Å²) < 4.78 is 0. The van der Waals surface area contributed by atoms with Crippen LogP contribution < -0.4 is 10.2 Å². The van der Waals surface area contributed by atoms with Gasteiger partial charge in [0.15, 0.2) is 5.16 Å². The first-order valence-corrected chi connectivity index (χ1v) is 12.7. The number of hydrogen-bond donors (Lipinski definition) is 1. The van der Waals surface area contributed by atoms with Gasteiger partial charge in [-0.05, 0) is 37.0 Å². The molecule has 172 valence electrons. The number of anilines is 2.